The van der Waals surface area contributed by atoms with Crippen LogP contribution < -0.4 is 19.1 Å². The van der Waals surface area contributed by atoms with Gasteiger partial charge in [-0.05, 0) is 36.8 Å². The number of esters is 1. The number of halogens is 1. The highest BCUT2D eigenvalue weighted by molar-refractivity contribution is 7.89. The molecule has 1 N–H and O–H groups in total. The van der Waals surface area contributed by atoms with Gasteiger partial charge in [0.15, 0.2) is 6.61 Å². The number of rotatable bonds is 9. The van der Waals surface area contributed by atoms with Crippen molar-refractivity contribution in [3.05, 3.63) is 47.5 Å². The summed E-state index contributed by atoms with van der Waals surface area (Å²) in [4.78, 5) is 26.3. The molecule has 3 rings (SSSR count). The zero-order chi connectivity index (χ0) is 24.0. The Kier molecular flexibility index (Phi) is 8.17. The smallest absolute Gasteiger partial charge is 0.348 e. The van der Waals surface area contributed by atoms with E-state index >= 15 is 0 Å². The molecule has 178 valence electrons. The SMILES string of the molecule is CCCCNS(=O)(=O)c1ccc(OCC(=O)N2C[C@@H](C(=O)OC)Oc3ccccc32)c(Cl)c1. The number of para-hydroxylation sites is 2. The molecule has 0 spiro atoms. The van der Waals surface area contributed by atoms with E-state index < -0.39 is 28.0 Å². The van der Waals surface area contributed by atoms with E-state index in [0.717, 1.165) is 12.8 Å². The van der Waals surface area contributed by atoms with Gasteiger partial charge in [-0.2, -0.15) is 0 Å². The van der Waals surface area contributed by atoms with Crippen LogP contribution in [-0.4, -0.2) is 53.2 Å². The number of carbonyl (C=O) groups excluding carboxylic acids is 2. The predicted octanol–water partition coefficient (Wildman–Crippen LogP) is 2.76. The van der Waals surface area contributed by atoms with Gasteiger partial charge in [0.05, 0.1) is 29.3 Å². The van der Waals surface area contributed by atoms with Crippen molar-refractivity contribution in [3.8, 4) is 11.5 Å². The first-order valence-corrected chi connectivity index (χ1v) is 12.2. The highest BCUT2D eigenvalue weighted by Crippen LogP contribution is 2.34. The topological polar surface area (TPSA) is 111 Å². The first-order chi connectivity index (χ1) is 15.8. The fraction of sp³-hybridized carbons (Fsp3) is 0.364. The highest BCUT2D eigenvalue weighted by Gasteiger charge is 2.34. The number of methoxy groups -OCH3 is 1. The van der Waals surface area contributed by atoms with Gasteiger partial charge in [-0.3, -0.25) is 4.79 Å². The molecular formula is C22H25ClN2O7S. The number of nitrogens with one attached hydrogen (secondary N) is 1. The number of benzene rings is 2. The number of carbonyl (C=O) groups is 2. The minimum atomic E-state index is -3.69. The quantitative estimate of drug-likeness (QED) is 0.419. The fourth-order valence-electron chi connectivity index (χ4n) is 3.17. The number of hydrogen-bond donors (Lipinski definition) is 1. The molecule has 2 aromatic carbocycles. The lowest BCUT2D eigenvalue weighted by Gasteiger charge is -2.33. The second-order valence-electron chi connectivity index (χ2n) is 7.23. The van der Waals surface area contributed by atoms with Gasteiger partial charge in [-0.15, -0.1) is 0 Å². The first kappa shape index (κ1) is 24.8. The van der Waals surface area contributed by atoms with Gasteiger partial charge in [0.2, 0.25) is 16.1 Å². The highest BCUT2D eigenvalue weighted by atomic mass is 35.5. The van der Waals surface area contributed by atoms with E-state index in [-0.39, 0.29) is 28.8 Å². The van der Waals surface area contributed by atoms with Crippen LogP contribution in [0.5, 0.6) is 11.5 Å². The van der Waals surface area contributed by atoms with Gasteiger partial charge in [0, 0.05) is 6.54 Å². The molecule has 9 nitrogen and oxygen atoms in total. The van der Waals surface area contributed by atoms with E-state index in [0.29, 0.717) is 18.0 Å². The average Bonchev–Trinajstić information content (AvgIpc) is 2.81. The molecule has 0 saturated carbocycles. The molecule has 1 amide bonds. The van der Waals surface area contributed by atoms with Crippen LogP contribution in [0, 0.1) is 0 Å². The van der Waals surface area contributed by atoms with Gasteiger partial charge >= 0.3 is 5.97 Å². The minimum Gasteiger partial charge on any atom is -0.482 e. The molecule has 1 atom stereocenters. The number of unbranched alkanes of at least 4 members (excludes halogenated alkanes) is 1. The molecule has 0 fully saturated rings. The lowest BCUT2D eigenvalue weighted by atomic mass is 10.2. The van der Waals surface area contributed by atoms with Gasteiger partial charge in [0.1, 0.15) is 11.5 Å². The monoisotopic (exact) mass is 496 g/mol. The van der Waals surface area contributed by atoms with E-state index in [1.165, 1.54) is 30.2 Å². The summed E-state index contributed by atoms with van der Waals surface area (Å²) in [5, 5.41) is 0.0518. The summed E-state index contributed by atoms with van der Waals surface area (Å²) in [6.07, 6.45) is 0.609. The number of fused-ring (bicyclic) bond motifs is 1. The Morgan fingerprint density at radius 2 is 2.00 bits per heavy atom. The number of hydrogen-bond acceptors (Lipinski definition) is 7. The molecule has 0 aliphatic carbocycles. The van der Waals surface area contributed by atoms with Crippen LogP contribution in [0.25, 0.3) is 0 Å². The van der Waals surface area contributed by atoms with Crippen molar-refractivity contribution < 1.29 is 32.2 Å². The molecule has 0 aromatic heterocycles. The number of sulfonamides is 1. The standard InChI is InChI=1S/C22H25ClN2O7S/c1-3-4-11-24-33(28,29)15-9-10-18(16(23)12-15)31-14-21(26)25-13-20(22(27)30-2)32-19-8-6-5-7-17(19)25/h5-10,12,20,24H,3-4,11,13-14H2,1-2H3/t20-/m0/s1. The van der Waals surface area contributed by atoms with E-state index in [2.05, 4.69) is 4.72 Å². The van der Waals surface area contributed by atoms with Crippen LogP contribution in [0.15, 0.2) is 47.4 Å². The Bertz CT molecular complexity index is 1120. The Hall–Kier alpha value is -2.82. The third-order valence-electron chi connectivity index (χ3n) is 4.93. The largest absolute Gasteiger partial charge is 0.482 e. The number of nitrogens with zero attached hydrogens (tertiary/aromatic N) is 1. The predicted molar refractivity (Wildman–Crippen MR) is 122 cm³/mol. The molecule has 0 radical (unpaired) electrons. The Balaban J connectivity index is 1.71. The Morgan fingerprint density at radius 1 is 1.24 bits per heavy atom. The zero-order valence-corrected chi connectivity index (χ0v) is 19.8. The van der Waals surface area contributed by atoms with E-state index in [9.17, 15) is 18.0 Å². The number of anilines is 1. The lowest BCUT2D eigenvalue weighted by Crippen LogP contribution is -2.48. The lowest BCUT2D eigenvalue weighted by molar-refractivity contribution is -0.148. The molecule has 0 bridgehead atoms. The summed E-state index contributed by atoms with van der Waals surface area (Å²) in [5.41, 5.74) is 0.497. The van der Waals surface area contributed by atoms with Crippen LogP contribution >= 0.6 is 11.6 Å². The maximum Gasteiger partial charge on any atom is 0.348 e. The normalized spacial score (nSPS) is 15.4. The zero-order valence-electron chi connectivity index (χ0n) is 18.2. The van der Waals surface area contributed by atoms with Gasteiger partial charge in [-0.1, -0.05) is 37.1 Å². The molecule has 1 aliphatic rings. The molecule has 0 unspecified atom stereocenters. The van der Waals surface area contributed by atoms with Crippen LogP contribution in [-0.2, 0) is 24.3 Å². The molecule has 11 heteroatoms. The molecule has 33 heavy (non-hydrogen) atoms. The van der Waals surface area contributed by atoms with Crippen molar-refractivity contribution in [2.24, 2.45) is 0 Å². The van der Waals surface area contributed by atoms with Gasteiger partial charge < -0.3 is 19.1 Å². The molecule has 1 heterocycles. The summed E-state index contributed by atoms with van der Waals surface area (Å²) in [6.45, 7) is 1.86. The summed E-state index contributed by atoms with van der Waals surface area (Å²) in [5.74, 6) is -0.511. The fourth-order valence-corrected chi connectivity index (χ4v) is 4.57. The second kappa shape index (κ2) is 10.9. The summed E-state index contributed by atoms with van der Waals surface area (Å²) < 4.78 is 43.1. The minimum absolute atomic E-state index is 0.00491. The van der Waals surface area contributed by atoms with Crippen LogP contribution in [0.2, 0.25) is 5.02 Å². The van der Waals surface area contributed by atoms with Crippen molar-refractivity contribution in [1.82, 2.24) is 4.72 Å². The summed E-state index contributed by atoms with van der Waals surface area (Å²) >= 11 is 6.21. The van der Waals surface area contributed by atoms with Gasteiger partial charge in [0.25, 0.3) is 5.91 Å². The van der Waals surface area contributed by atoms with Crippen molar-refractivity contribution in [1.29, 1.82) is 0 Å². The molecule has 1 aliphatic heterocycles. The van der Waals surface area contributed by atoms with Gasteiger partial charge in [-0.25, -0.2) is 17.9 Å². The van der Waals surface area contributed by atoms with Crippen LogP contribution in [0.3, 0.4) is 0 Å². The first-order valence-electron chi connectivity index (χ1n) is 10.3. The number of amides is 1. The summed E-state index contributed by atoms with van der Waals surface area (Å²) in [7, 11) is -2.45. The molecule has 2 aromatic rings. The van der Waals surface area contributed by atoms with Crippen LogP contribution in [0.1, 0.15) is 19.8 Å². The Morgan fingerprint density at radius 3 is 2.70 bits per heavy atom. The third kappa shape index (κ3) is 5.95. The number of ether oxygens (including phenoxy) is 3. The van der Waals surface area contributed by atoms with Crippen molar-refractivity contribution in [2.75, 3.05) is 31.7 Å². The van der Waals surface area contributed by atoms with E-state index in [4.69, 9.17) is 25.8 Å². The Labute approximate surface area is 197 Å². The third-order valence-corrected chi connectivity index (χ3v) is 6.68. The molecular weight excluding hydrogens is 472 g/mol. The van der Waals surface area contributed by atoms with Crippen molar-refractivity contribution in [2.45, 2.75) is 30.8 Å². The van der Waals surface area contributed by atoms with Crippen molar-refractivity contribution >= 4 is 39.2 Å². The van der Waals surface area contributed by atoms with Crippen LogP contribution in [0.4, 0.5) is 5.69 Å². The summed E-state index contributed by atoms with van der Waals surface area (Å²) in [6, 6.07) is 10.8. The average molecular weight is 497 g/mol. The second-order valence-corrected chi connectivity index (χ2v) is 9.41. The van der Waals surface area contributed by atoms with E-state index in [1.54, 1.807) is 24.3 Å². The van der Waals surface area contributed by atoms with E-state index in [1.807, 2.05) is 6.92 Å². The maximum absolute atomic E-state index is 12.9. The van der Waals surface area contributed by atoms with Crippen molar-refractivity contribution in [3.63, 3.8) is 0 Å². The molecule has 0 saturated heterocycles. The maximum atomic E-state index is 12.9.